The third kappa shape index (κ3) is 5.78. The molecule has 0 saturated heterocycles. The molecule has 0 aliphatic rings. The quantitative estimate of drug-likeness (QED) is 0.732. The fourth-order valence-corrected chi connectivity index (χ4v) is 2.54. The molecule has 18 heavy (non-hydrogen) atoms. The first-order valence-corrected chi connectivity index (χ1v) is 7.67. The van der Waals surface area contributed by atoms with Crippen molar-refractivity contribution >= 4 is 11.8 Å². The van der Waals surface area contributed by atoms with E-state index in [-0.39, 0.29) is 6.61 Å². The Hall–Kier alpha value is -0.670. The number of aliphatic hydroxyl groups excluding tert-OH is 1. The van der Waals surface area contributed by atoms with Crippen molar-refractivity contribution in [3.05, 3.63) is 29.3 Å². The van der Waals surface area contributed by atoms with E-state index in [1.54, 1.807) is 0 Å². The summed E-state index contributed by atoms with van der Waals surface area (Å²) in [6.45, 7) is 7.28. The summed E-state index contributed by atoms with van der Waals surface area (Å²) in [5.41, 5.74) is 2.43. The zero-order valence-electron chi connectivity index (χ0n) is 11.6. The summed E-state index contributed by atoms with van der Waals surface area (Å²) in [7, 11) is 0. The number of benzene rings is 1. The number of aliphatic hydroxyl groups is 1. The number of aryl methyl sites for hydroxylation is 2. The maximum absolute atomic E-state index is 8.90. The standard InChI is InChI=1S/C15H24O2S/c1-12-5-6-14(3)15(9-12)17-7-4-8-18-11-13(2)10-16/h5-6,9,13,16H,4,7-8,10-11H2,1-3H3. The molecule has 0 fully saturated rings. The van der Waals surface area contributed by atoms with Gasteiger partial charge < -0.3 is 9.84 Å². The van der Waals surface area contributed by atoms with Crippen LogP contribution in [0.1, 0.15) is 24.5 Å². The summed E-state index contributed by atoms with van der Waals surface area (Å²) in [4.78, 5) is 0. The molecular formula is C15H24O2S. The third-order valence-electron chi connectivity index (χ3n) is 2.75. The Balaban J connectivity index is 2.16. The van der Waals surface area contributed by atoms with E-state index < -0.39 is 0 Å². The Labute approximate surface area is 115 Å². The van der Waals surface area contributed by atoms with Gasteiger partial charge in [-0.1, -0.05) is 19.1 Å². The number of thioether (sulfide) groups is 1. The van der Waals surface area contributed by atoms with E-state index >= 15 is 0 Å². The first-order chi connectivity index (χ1) is 8.63. The van der Waals surface area contributed by atoms with Gasteiger partial charge in [0.1, 0.15) is 5.75 Å². The molecule has 0 spiro atoms. The Bertz CT molecular complexity index is 352. The van der Waals surface area contributed by atoms with Crippen molar-refractivity contribution in [2.75, 3.05) is 24.7 Å². The molecule has 3 heteroatoms. The van der Waals surface area contributed by atoms with Gasteiger partial charge in [0.15, 0.2) is 0 Å². The molecule has 2 nitrogen and oxygen atoms in total. The molecule has 0 amide bonds. The third-order valence-corrected chi connectivity index (χ3v) is 4.13. The van der Waals surface area contributed by atoms with Gasteiger partial charge in [-0.15, -0.1) is 0 Å². The van der Waals surface area contributed by atoms with Crippen LogP contribution in [-0.4, -0.2) is 29.8 Å². The Kier molecular flexibility index (Phi) is 7.21. The van der Waals surface area contributed by atoms with Gasteiger partial charge in [-0.05, 0) is 54.9 Å². The molecular weight excluding hydrogens is 244 g/mol. The molecule has 1 aromatic carbocycles. The Morgan fingerprint density at radius 1 is 1.33 bits per heavy atom. The minimum absolute atomic E-state index is 0.284. The zero-order valence-corrected chi connectivity index (χ0v) is 12.4. The van der Waals surface area contributed by atoms with Crippen LogP contribution in [0.4, 0.5) is 0 Å². The molecule has 0 bridgehead atoms. The van der Waals surface area contributed by atoms with E-state index in [0.29, 0.717) is 5.92 Å². The molecule has 0 aliphatic carbocycles. The first kappa shape index (κ1) is 15.4. The first-order valence-electron chi connectivity index (χ1n) is 6.52. The Morgan fingerprint density at radius 2 is 2.11 bits per heavy atom. The van der Waals surface area contributed by atoms with Crippen LogP contribution in [0.25, 0.3) is 0 Å². The van der Waals surface area contributed by atoms with Gasteiger partial charge in [0.25, 0.3) is 0 Å². The van der Waals surface area contributed by atoms with Crippen molar-refractivity contribution in [2.45, 2.75) is 27.2 Å². The van der Waals surface area contributed by atoms with Crippen LogP contribution in [-0.2, 0) is 0 Å². The van der Waals surface area contributed by atoms with Crippen molar-refractivity contribution in [1.29, 1.82) is 0 Å². The van der Waals surface area contributed by atoms with Gasteiger partial charge in [-0.3, -0.25) is 0 Å². The van der Waals surface area contributed by atoms with Crippen molar-refractivity contribution in [2.24, 2.45) is 5.92 Å². The molecule has 0 aromatic heterocycles. The molecule has 1 unspecified atom stereocenters. The summed E-state index contributed by atoms with van der Waals surface area (Å²) >= 11 is 1.89. The molecule has 0 heterocycles. The van der Waals surface area contributed by atoms with Crippen LogP contribution in [0.5, 0.6) is 5.75 Å². The normalized spacial score (nSPS) is 12.4. The average molecular weight is 268 g/mol. The molecule has 1 atom stereocenters. The second-order valence-corrected chi connectivity index (χ2v) is 5.98. The average Bonchev–Trinajstić information content (AvgIpc) is 2.37. The van der Waals surface area contributed by atoms with E-state index in [2.05, 4.69) is 39.0 Å². The van der Waals surface area contributed by atoms with Crippen LogP contribution in [0, 0.1) is 19.8 Å². The maximum Gasteiger partial charge on any atom is 0.122 e. The van der Waals surface area contributed by atoms with Crippen LogP contribution >= 0.6 is 11.8 Å². The molecule has 1 aromatic rings. The van der Waals surface area contributed by atoms with E-state index in [1.807, 2.05) is 11.8 Å². The predicted molar refractivity (Wildman–Crippen MR) is 79.6 cm³/mol. The summed E-state index contributed by atoms with van der Waals surface area (Å²) < 4.78 is 5.79. The second kappa shape index (κ2) is 8.44. The maximum atomic E-state index is 8.90. The Morgan fingerprint density at radius 3 is 2.83 bits per heavy atom. The number of hydrogen-bond acceptors (Lipinski definition) is 3. The number of ether oxygens (including phenoxy) is 1. The van der Waals surface area contributed by atoms with Crippen LogP contribution in [0.15, 0.2) is 18.2 Å². The molecule has 102 valence electrons. The van der Waals surface area contributed by atoms with Crippen molar-refractivity contribution in [3.63, 3.8) is 0 Å². The predicted octanol–water partition coefficient (Wildman–Crippen LogP) is 3.43. The highest BCUT2D eigenvalue weighted by Gasteiger charge is 2.01. The van der Waals surface area contributed by atoms with Gasteiger partial charge in [0.2, 0.25) is 0 Å². The van der Waals surface area contributed by atoms with Crippen molar-refractivity contribution in [3.8, 4) is 5.75 Å². The van der Waals surface area contributed by atoms with Gasteiger partial charge in [-0.2, -0.15) is 11.8 Å². The second-order valence-electron chi connectivity index (χ2n) is 4.83. The lowest BCUT2D eigenvalue weighted by molar-refractivity contribution is 0.250. The highest BCUT2D eigenvalue weighted by molar-refractivity contribution is 7.99. The monoisotopic (exact) mass is 268 g/mol. The topological polar surface area (TPSA) is 29.5 Å². The van der Waals surface area contributed by atoms with Crippen LogP contribution in [0.3, 0.4) is 0 Å². The minimum atomic E-state index is 0.284. The summed E-state index contributed by atoms with van der Waals surface area (Å²) in [6, 6.07) is 6.30. The summed E-state index contributed by atoms with van der Waals surface area (Å²) in [5.74, 6) is 3.52. The molecule has 1 rings (SSSR count). The number of rotatable bonds is 8. The fraction of sp³-hybridized carbons (Fsp3) is 0.600. The lowest BCUT2D eigenvalue weighted by atomic mass is 10.1. The summed E-state index contributed by atoms with van der Waals surface area (Å²) in [5, 5.41) is 8.90. The molecule has 1 N–H and O–H groups in total. The molecule has 0 aliphatic heterocycles. The lowest BCUT2D eigenvalue weighted by Crippen LogP contribution is -2.05. The largest absolute Gasteiger partial charge is 0.493 e. The minimum Gasteiger partial charge on any atom is -0.493 e. The van der Waals surface area contributed by atoms with E-state index in [4.69, 9.17) is 9.84 Å². The lowest BCUT2D eigenvalue weighted by Gasteiger charge is -2.10. The highest BCUT2D eigenvalue weighted by atomic mass is 32.2. The summed E-state index contributed by atoms with van der Waals surface area (Å²) in [6.07, 6.45) is 1.05. The molecule has 0 saturated carbocycles. The van der Waals surface area contributed by atoms with E-state index in [9.17, 15) is 0 Å². The molecule has 0 radical (unpaired) electrons. The highest BCUT2D eigenvalue weighted by Crippen LogP contribution is 2.19. The smallest absolute Gasteiger partial charge is 0.122 e. The van der Waals surface area contributed by atoms with Gasteiger partial charge in [0.05, 0.1) is 6.61 Å². The van der Waals surface area contributed by atoms with Crippen molar-refractivity contribution in [1.82, 2.24) is 0 Å². The van der Waals surface area contributed by atoms with Crippen LogP contribution < -0.4 is 4.74 Å². The van der Waals surface area contributed by atoms with E-state index in [0.717, 1.165) is 30.3 Å². The SMILES string of the molecule is Cc1ccc(C)c(OCCCSCC(C)CO)c1. The van der Waals surface area contributed by atoms with Gasteiger partial charge in [0, 0.05) is 6.61 Å². The zero-order chi connectivity index (χ0) is 13.4. The van der Waals surface area contributed by atoms with Gasteiger partial charge in [-0.25, -0.2) is 0 Å². The number of hydrogen-bond donors (Lipinski definition) is 1. The van der Waals surface area contributed by atoms with Crippen molar-refractivity contribution < 1.29 is 9.84 Å². The van der Waals surface area contributed by atoms with E-state index in [1.165, 1.54) is 11.1 Å². The fourth-order valence-electron chi connectivity index (χ4n) is 1.54. The van der Waals surface area contributed by atoms with Gasteiger partial charge >= 0.3 is 0 Å². The van der Waals surface area contributed by atoms with Crippen LogP contribution in [0.2, 0.25) is 0 Å².